The molecule has 144 valence electrons. The minimum atomic E-state index is -4.56. The molecule has 2 aromatic rings. The van der Waals surface area contributed by atoms with Crippen LogP contribution in [0.1, 0.15) is 36.8 Å². The van der Waals surface area contributed by atoms with E-state index in [1.165, 1.54) is 0 Å². The highest BCUT2D eigenvalue weighted by Gasteiger charge is 2.32. The Balaban J connectivity index is 1.98. The fourth-order valence-corrected chi connectivity index (χ4v) is 2.56. The minimum absolute atomic E-state index is 0.102. The maximum absolute atomic E-state index is 12.6. The molecule has 0 saturated heterocycles. The fraction of sp³-hybridized carbons (Fsp3) is 0.333. The molecule has 9 heteroatoms. The monoisotopic (exact) mass is 397 g/mol. The topological polar surface area (TPSA) is 72.0 Å². The summed E-state index contributed by atoms with van der Waals surface area (Å²) in [5, 5.41) is 2.63. The lowest BCUT2D eigenvalue weighted by atomic mass is 9.95. The fourth-order valence-electron chi connectivity index (χ4n) is 1.84. The van der Waals surface area contributed by atoms with Gasteiger partial charge in [-0.15, -0.1) is 0 Å². The number of anilines is 1. The first-order chi connectivity index (χ1) is 12.5. The van der Waals surface area contributed by atoms with Crippen LogP contribution in [0, 0.1) is 5.41 Å². The molecule has 0 radical (unpaired) electrons. The van der Waals surface area contributed by atoms with E-state index in [1.54, 1.807) is 45.0 Å². The Morgan fingerprint density at radius 3 is 2.26 bits per heavy atom. The normalized spacial score (nSPS) is 11.9. The van der Waals surface area contributed by atoms with Crippen molar-refractivity contribution in [3.8, 4) is 0 Å². The number of hydrogen-bond donors (Lipinski definition) is 1. The molecule has 0 atom stereocenters. The van der Waals surface area contributed by atoms with Gasteiger partial charge in [0, 0.05) is 22.9 Å². The predicted molar refractivity (Wildman–Crippen MR) is 96.6 cm³/mol. The first-order valence-corrected chi connectivity index (χ1v) is 8.93. The Hall–Kier alpha value is -2.42. The zero-order chi connectivity index (χ0) is 20.2. The van der Waals surface area contributed by atoms with Gasteiger partial charge in [-0.05, 0) is 30.3 Å². The van der Waals surface area contributed by atoms with Gasteiger partial charge >= 0.3 is 6.18 Å². The molecule has 0 aliphatic heterocycles. The molecule has 0 spiro atoms. The third kappa shape index (κ3) is 6.06. The number of ketones is 1. The molecular weight excluding hydrogens is 379 g/mol. The van der Waals surface area contributed by atoms with Gasteiger partial charge in [0.05, 0.1) is 5.75 Å². The molecule has 0 fully saturated rings. The smallest absolute Gasteiger partial charge is 0.326 e. The van der Waals surface area contributed by atoms with Crippen LogP contribution in [0.3, 0.4) is 0 Å². The van der Waals surface area contributed by atoms with Crippen LogP contribution in [0.2, 0.25) is 0 Å². The van der Waals surface area contributed by atoms with Gasteiger partial charge in [-0.25, -0.2) is 9.97 Å². The van der Waals surface area contributed by atoms with E-state index in [4.69, 9.17) is 0 Å². The summed E-state index contributed by atoms with van der Waals surface area (Å²) in [7, 11) is 0. The molecule has 0 unspecified atom stereocenters. The summed E-state index contributed by atoms with van der Waals surface area (Å²) in [6.07, 6.45) is -3.55. The second-order valence-electron chi connectivity index (χ2n) is 6.72. The zero-order valence-electron chi connectivity index (χ0n) is 14.9. The van der Waals surface area contributed by atoms with Crippen molar-refractivity contribution in [2.75, 3.05) is 11.1 Å². The number of nitrogens with one attached hydrogen (secondary N) is 1. The van der Waals surface area contributed by atoms with Gasteiger partial charge < -0.3 is 5.32 Å². The number of carbonyl (C=O) groups is 2. The van der Waals surface area contributed by atoms with Crippen LogP contribution in [0.25, 0.3) is 0 Å². The summed E-state index contributed by atoms with van der Waals surface area (Å²) >= 11 is 0.830. The van der Waals surface area contributed by atoms with Crippen molar-refractivity contribution in [3.05, 3.63) is 47.8 Å². The molecule has 0 bridgehead atoms. The van der Waals surface area contributed by atoms with Gasteiger partial charge in [0.1, 0.15) is 5.69 Å². The van der Waals surface area contributed by atoms with Crippen molar-refractivity contribution in [2.45, 2.75) is 32.1 Å². The number of hydrogen-bond acceptors (Lipinski definition) is 5. The number of alkyl halides is 3. The largest absolute Gasteiger partial charge is 0.433 e. The highest BCUT2D eigenvalue weighted by molar-refractivity contribution is 7.99. The number of benzene rings is 1. The summed E-state index contributed by atoms with van der Waals surface area (Å²) in [6, 6.07) is 7.07. The van der Waals surface area contributed by atoms with Crippen molar-refractivity contribution in [1.29, 1.82) is 0 Å². The molecular formula is C18H18F3N3O2S. The summed E-state index contributed by atoms with van der Waals surface area (Å²) in [5.41, 5.74) is -0.661. The van der Waals surface area contributed by atoms with Gasteiger partial charge in [0.15, 0.2) is 10.9 Å². The van der Waals surface area contributed by atoms with E-state index in [-0.39, 0.29) is 22.6 Å². The Kier molecular flexibility index (Phi) is 6.25. The molecule has 27 heavy (non-hydrogen) atoms. The molecule has 1 heterocycles. The third-order valence-corrected chi connectivity index (χ3v) is 4.26. The highest BCUT2D eigenvalue weighted by Crippen LogP contribution is 2.28. The van der Waals surface area contributed by atoms with Gasteiger partial charge in [0.2, 0.25) is 5.91 Å². The second-order valence-corrected chi connectivity index (χ2v) is 7.66. The number of carbonyl (C=O) groups excluding carboxylic acids is 2. The quantitative estimate of drug-likeness (QED) is 0.458. The maximum Gasteiger partial charge on any atom is 0.433 e. The number of nitrogens with zero attached hydrogens (tertiary/aromatic N) is 2. The molecule has 5 nitrogen and oxygen atoms in total. The van der Waals surface area contributed by atoms with Gasteiger partial charge in [0.25, 0.3) is 0 Å². The van der Waals surface area contributed by atoms with Crippen LogP contribution in [0.4, 0.5) is 18.9 Å². The Bertz CT molecular complexity index is 831. The van der Waals surface area contributed by atoms with Crippen LogP contribution in [0.15, 0.2) is 41.7 Å². The number of aromatic nitrogens is 2. The van der Waals surface area contributed by atoms with E-state index in [2.05, 4.69) is 15.3 Å². The molecule has 1 N–H and O–H groups in total. The SMILES string of the molecule is CC(C)(C)C(=O)Nc1ccc(C(=O)CSc2nccc(C(F)(F)F)n2)cc1. The highest BCUT2D eigenvalue weighted by atomic mass is 32.2. The number of halogens is 3. The van der Waals surface area contributed by atoms with E-state index in [1.807, 2.05) is 0 Å². The van der Waals surface area contributed by atoms with Crippen molar-refractivity contribution >= 4 is 29.1 Å². The molecule has 1 aromatic carbocycles. The number of rotatable bonds is 5. The Labute approximate surface area is 158 Å². The third-order valence-electron chi connectivity index (χ3n) is 3.40. The molecule has 0 saturated carbocycles. The predicted octanol–water partition coefficient (Wildman–Crippen LogP) is 4.46. The van der Waals surface area contributed by atoms with Crippen LogP contribution in [-0.2, 0) is 11.0 Å². The van der Waals surface area contributed by atoms with Crippen molar-refractivity contribution in [3.63, 3.8) is 0 Å². The van der Waals surface area contributed by atoms with Crippen LogP contribution >= 0.6 is 11.8 Å². The van der Waals surface area contributed by atoms with E-state index in [9.17, 15) is 22.8 Å². The van der Waals surface area contributed by atoms with Crippen molar-refractivity contribution in [1.82, 2.24) is 9.97 Å². The number of Topliss-reactive ketones (excluding diaryl/α,β-unsaturated/α-hetero) is 1. The van der Waals surface area contributed by atoms with Crippen molar-refractivity contribution < 1.29 is 22.8 Å². The minimum Gasteiger partial charge on any atom is -0.326 e. The molecule has 0 aliphatic carbocycles. The van der Waals surface area contributed by atoms with Crippen molar-refractivity contribution in [2.24, 2.45) is 5.41 Å². The zero-order valence-corrected chi connectivity index (χ0v) is 15.7. The number of amides is 1. The molecule has 1 aromatic heterocycles. The maximum atomic E-state index is 12.6. The number of thioether (sulfide) groups is 1. The van der Waals surface area contributed by atoms with E-state index in [0.717, 1.165) is 24.0 Å². The standard InChI is InChI=1S/C18H18F3N3O2S/c1-17(2,3)15(26)23-12-6-4-11(5-7-12)13(25)10-27-16-22-9-8-14(24-16)18(19,20)21/h4-9H,10H2,1-3H3,(H,23,26). The summed E-state index contributed by atoms with van der Waals surface area (Å²) < 4.78 is 37.9. The first-order valence-electron chi connectivity index (χ1n) is 7.94. The van der Waals surface area contributed by atoms with Gasteiger partial charge in [-0.1, -0.05) is 32.5 Å². The Morgan fingerprint density at radius 1 is 1.07 bits per heavy atom. The van der Waals surface area contributed by atoms with Gasteiger partial charge in [-0.2, -0.15) is 13.2 Å². The van der Waals surface area contributed by atoms with E-state index < -0.39 is 17.3 Å². The summed E-state index contributed by atoms with van der Waals surface area (Å²) in [4.78, 5) is 31.3. The van der Waals surface area contributed by atoms with Crippen LogP contribution in [0.5, 0.6) is 0 Å². The second kappa shape index (κ2) is 8.08. The lowest BCUT2D eigenvalue weighted by Gasteiger charge is -2.17. The van der Waals surface area contributed by atoms with Gasteiger partial charge in [-0.3, -0.25) is 9.59 Å². The summed E-state index contributed by atoms with van der Waals surface area (Å²) in [5.74, 6) is -0.539. The average Bonchev–Trinajstić information content (AvgIpc) is 2.59. The average molecular weight is 397 g/mol. The van der Waals surface area contributed by atoms with E-state index in [0.29, 0.717) is 11.3 Å². The summed E-state index contributed by atoms with van der Waals surface area (Å²) in [6.45, 7) is 5.36. The Morgan fingerprint density at radius 2 is 1.70 bits per heavy atom. The molecule has 2 rings (SSSR count). The first kappa shape index (κ1) is 20.9. The lowest BCUT2D eigenvalue weighted by Crippen LogP contribution is -2.27. The van der Waals surface area contributed by atoms with E-state index >= 15 is 0 Å². The molecule has 0 aliphatic rings. The molecule has 1 amide bonds. The lowest BCUT2D eigenvalue weighted by molar-refractivity contribution is -0.141. The van der Waals surface area contributed by atoms with Crippen LogP contribution < -0.4 is 5.32 Å². The van der Waals surface area contributed by atoms with Crippen LogP contribution in [-0.4, -0.2) is 27.4 Å².